The molecule has 0 N–H and O–H groups in total. The van der Waals surface area contributed by atoms with E-state index >= 15 is 0 Å². The van der Waals surface area contributed by atoms with Crippen molar-refractivity contribution in [2.24, 2.45) is 0 Å². The highest BCUT2D eigenvalue weighted by Crippen LogP contribution is 2.29. The predicted octanol–water partition coefficient (Wildman–Crippen LogP) is 5.43. The molecule has 0 bridgehead atoms. The first-order valence-corrected chi connectivity index (χ1v) is 14.1. The monoisotopic (exact) mass is 295 g/mol. The number of allylic oxidation sites excluding steroid dienone is 2. The van der Waals surface area contributed by atoms with Gasteiger partial charge < -0.3 is 4.23 Å². The molecule has 0 saturated heterocycles. The van der Waals surface area contributed by atoms with Gasteiger partial charge in [-0.1, -0.05) is 76.2 Å². The summed E-state index contributed by atoms with van der Waals surface area (Å²) in [5.41, 5.74) is 2.43. The molecule has 0 aromatic carbocycles. The van der Waals surface area contributed by atoms with Crippen LogP contribution in [0.4, 0.5) is 0 Å². The first kappa shape index (κ1) is 18.6. The van der Waals surface area contributed by atoms with Gasteiger partial charge in [0, 0.05) is 6.04 Å². The molecular weight excluding hydrogens is 262 g/mol. The quantitative estimate of drug-likeness (QED) is 0.328. The van der Waals surface area contributed by atoms with Crippen LogP contribution >= 0.6 is 0 Å². The van der Waals surface area contributed by atoms with Crippen molar-refractivity contribution < 1.29 is 0 Å². The Morgan fingerprint density at radius 3 is 1.74 bits per heavy atom. The van der Waals surface area contributed by atoms with Crippen molar-refractivity contribution in [3.05, 3.63) is 37.0 Å². The van der Waals surface area contributed by atoms with E-state index in [0.717, 1.165) is 18.4 Å². The summed E-state index contributed by atoms with van der Waals surface area (Å²) in [7, 11) is -2.70. The Bertz CT molecular complexity index is 331. The molecule has 0 rings (SSSR count). The molecule has 0 fully saturated rings. The SMILES string of the molecule is C=CC(=C)CCC(C(=C)C)N([Si](C)(C)C)[Si](C)(C)C. The lowest BCUT2D eigenvalue weighted by molar-refractivity contribution is 0.465. The van der Waals surface area contributed by atoms with Crippen molar-refractivity contribution in [2.75, 3.05) is 0 Å². The predicted molar refractivity (Wildman–Crippen MR) is 95.7 cm³/mol. The average Bonchev–Trinajstić information content (AvgIpc) is 2.18. The zero-order valence-corrected chi connectivity index (χ0v) is 16.1. The lowest BCUT2D eigenvalue weighted by Crippen LogP contribution is -2.63. The molecule has 110 valence electrons. The van der Waals surface area contributed by atoms with Crippen LogP contribution in [0.2, 0.25) is 39.3 Å². The van der Waals surface area contributed by atoms with Crippen molar-refractivity contribution in [2.45, 2.75) is 65.1 Å². The molecule has 1 atom stereocenters. The van der Waals surface area contributed by atoms with Crippen LogP contribution in [0.5, 0.6) is 0 Å². The fourth-order valence-corrected chi connectivity index (χ4v) is 13.6. The minimum atomic E-state index is -1.35. The Morgan fingerprint density at radius 2 is 1.47 bits per heavy atom. The normalized spacial score (nSPS) is 14.3. The van der Waals surface area contributed by atoms with E-state index in [-0.39, 0.29) is 0 Å². The second-order valence-electron chi connectivity index (χ2n) is 7.47. The molecular formula is C16H33NSi2. The molecule has 0 aliphatic heterocycles. The fraction of sp³-hybridized carbons (Fsp3) is 0.625. The molecule has 0 radical (unpaired) electrons. The van der Waals surface area contributed by atoms with Gasteiger partial charge in [0.25, 0.3) is 0 Å². The first-order valence-electron chi connectivity index (χ1n) is 7.16. The van der Waals surface area contributed by atoms with E-state index in [1.54, 1.807) is 0 Å². The van der Waals surface area contributed by atoms with E-state index in [1.807, 2.05) is 6.08 Å². The largest absolute Gasteiger partial charge is 0.340 e. The average molecular weight is 296 g/mol. The lowest BCUT2D eigenvalue weighted by Gasteiger charge is -2.49. The molecule has 1 nitrogen and oxygen atoms in total. The zero-order valence-electron chi connectivity index (χ0n) is 14.1. The van der Waals surface area contributed by atoms with E-state index in [2.05, 4.69) is 70.2 Å². The van der Waals surface area contributed by atoms with Crippen LogP contribution in [0.15, 0.2) is 37.0 Å². The first-order chi connectivity index (χ1) is 8.41. The summed E-state index contributed by atoms with van der Waals surface area (Å²) in [4.78, 5) is 0. The fourth-order valence-electron chi connectivity index (χ4n) is 2.96. The van der Waals surface area contributed by atoms with Gasteiger partial charge in [-0.15, -0.1) is 0 Å². The summed E-state index contributed by atoms with van der Waals surface area (Å²) >= 11 is 0. The molecule has 0 spiro atoms. The van der Waals surface area contributed by atoms with Crippen LogP contribution in [0.1, 0.15) is 19.8 Å². The van der Waals surface area contributed by atoms with E-state index in [0.29, 0.717) is 6.04 Å². The summed E-state index contributed by atoms with van der Waals surface area (Å²) in [6.45, 7) is 29.0. The minimum absolute atomic E-state index is 0.495. The third kappa shape index (κ3) is 6.06. The second kappa shape index (κ2) is 6.86. The van der Waals surface area contributed by atoms with Gasteiger partial charge >= 0.3 is 0 Å². The van der Waals surface area contributed by atoms with E-state index < -0.39 is 16.5 Å². The van der Waals surface area contributed by atoms with Gasteiger partial charge in [0.15, 0.2) is 0 Å². The van der Waals surface area contributed by atoms with Gasteiger partial charge in [0.05, 0.1) is 0 Å². The van der Waals surface area contributed by atoms with Crippen LogP contribution < -0.4 is 0 Å². The van der Waals surface area contributed by atoms with Crippen LogP contribution in [0.25, 0.3) is 0 Å². The Morgan fingerprint density at radius 1 is 1.05 bits per heavy atom. The number of hydrogen-bond donors (Lipinski definition) is 0. The third-order valence-electron chi connectivity index (χ3n) is 3.35. The van der Waals surface area contributed by atoms with Crippen LogP contribution in [-0.4, -0.2) is 26.7 Å². The Labute approximate surface area is 123 Å². The highest BCUT2D eigenvalue weighted by molar-refractivity contribution is 6.89. The number of nitrogens with zero attached hydrogens (tertiary/aromatic N) is 1. The zero-order chi connectivity index (χ0) is 15.4. The highest BCUT2D eigenvalue weighted by Gasteiger charge is 2.39. The Balaban J connectivity index is 5.26. The van der Waals surface area contributed by atoms with Crippen molar-refractivity contribution in [1.82, 2.24) is 4.23 Å². The van der Waals surface area contributed by atoms with Crippen molar-refractivity contribution >= 4 is 16.5 Å². The molecule has 3 heteroatoms. The molecule has 1 unspecified atom stereocenters. The van der Waals surface area contributed by atoms with Crippen LogP contribution in [-0.2, 0) is 0 Å². The summed E-state index contributed by atoms with van der Waals surface area (Å²) < 4.78 is 2.85. The summed E-state index contributed by atoms with van der Waals surface area (Å²) in [5, 5.41) is 0. The maximum Gasteiger partial charge on any atom is 0.112 e. The molecule has 0 aliphatic carbocycles. The second-order valence-corrected chi connectivity index (χ2v) is 17.6. The van der Waals surface area contributed by atoms with Crippen molar-refractivity contribution in [3.63, 3.8) is 0 Å². The van der Waals surface area contributed by atoms with Gasteiger partial charge in [0.2, 0.25) is 0 Å². The van der Waals surface area contributed by atoms with E-state index in [1.165, 1.54) is 5.57 Å². The van der Waals surface area contributed by atoms with E-state index in [9.17, 15) is 0 Å². The van der Waals surface area contributed by atoms with Gasteiger partial charge in [-0.05, 0) is 19.8 Å². The summed E-state index contributed by atoms with van der Waals surface area (Å²) in [6.07, 6.45) is 4.02. The van der Waals surface area contributed by atoms with E-state index in [4.69, 9.17) is 0 Å². The van der Waals surface area contributed by atoms with Crippen molar-refractivity contribution in [3.8, 4) is 0 Å². The molecule has 0 heterocycles. The van der Waals surface area contributed by atoms with Crippen molar-refractivity contribution in [1.29, 1.82) is 0 Å². The molecule has 0 aromatic rings. The van der Waals surface area contributed by atoms with Crippen LogP contribution in [0, 0.1) is 0 Å². The number of rotatable bonds is 8. The number of hydrogen-bond acceptors (Lipinski definition) is 1. The molecule has 0 amide bonds. The smallest absolute Gasteiger partial charge is 0.112 e. The maximum absolute atomic E-state index is 4.25. The standard InChI is InChI=1S/C16H33NSi2/c1-11-15(4)12-13-16(14(2)3)17(18(5,6)7)19(8,9)10/h11,16H,1-2,4,12-13H2,3,5-10H3. The molecule has 19 heavy (non-hydrogen) atoms. The highest BCUT2D eigenvalue weighted by atomic mass is 28.4. The van der Waals surface area contributed by atoms with Gasteiger partial charge in [-0.25, -0.2) is 0 Å². The van der Waals surface area contributed by atoms with Gasteiger partial charge in [0.1, 0.15) is 16.5 Å². The van der Waals surface area contributed by atoms with Gasteiger partial charge in [-0.3, -0.25) is 0 Å². The third-order valence-corrected chi connectivity index (χ3v) is 10.9. The Kier molecular flexibility index (Phi) is 6.72. The molecule has 0 aliphatic rings. The van der Waals surface area contributed by atoms with Gasteiger partial charge in [-0.2, -0.15) is 0 Å². The summed E-state index contributed by atoms with van der Waals surface area (Å²) in [5.74, 6) is 0. The summed E-state index contributed by atoms with van der Waals surface area (Å²) in [6, 6.07) is 0.495. The topological polar surface area (TPSA) is 3.24 Å². The molecule has 0 aromatic heterocycles. The lowest BCUT2D eigenvalue weighted by atomic mass is 10.0. The minimum Gasteiger partial charge on any atom is -0.340 e. The maximum atomic E-state index is 4.25. The Hall–Kier alpha value is -0.386. The van der Waals surface area contributed by atoms with Crippen LogP contribution in [0.3, 0.4) is 0 Å². The molecule has 0 saturated carbocycles.